The van der Waals surface area contributed by atoms with Crippen molar-refractivity contribution in [3.05, 3.63) is 0 Å². The van der Waals surface area contributed by atoms with Crippen LogP contribution in [0, 0.1) is 0 Å². The molecule has 1 saturated heterocycles. The van der Waals surface area contributed by atoms with E-state index in [2.05, 4.69) is 13.6 Å². The Kier molecular flexibility index (Phi) is 5.48. The van der Waals surface area contributed by atoms with Crippen LogP contribution in [-0.2, 0) is 22.7 Å². The molecule has 1 heterocycles. The molecule has 1 aliphatic heterocycles. The Morgan fingerprint density at radius 3 is 2.20 bits per heavy atom. The van der Waals surface area contributed by atoms with E-state index in [4.69, 9.17) is 19.8 Å². The molecule has 0 aromatic carbocycles. The second kappa shape index (κ2) is 6.05. The van der Waals surface area contributed by atoms with E-state index in [0.29, 0.717) is 0 Å². The first-order chi connectivity index (χ1) is 8.92. The molecule has 0 aliphatic carbocycles. The second-order valence-electron chi connectivity index (χ2n) is 3.92. The number of ether oxygens (including phenoxy) is 1. The number of hydrogen-bond donors (Lipinski definition) is 7. The summed E-state index contributed by atoms with van der Waals surface area (Å²) in [5, 5.41) is 37.3. The Morgan fingerprint density at radius 1 is 1.20 bits per heavy atom. The number of aliphatic hydroxyl groups excluding tert-OH is 4. The minimum absolute atomic E-state index is 0.686. The lowest BCUT2D eigenvalue weighted by atomic mass is 9.98. The maximum Gasteiger partial charge on any atom is 0.483 e. The predicted molar refractivity (Wildman–Crippen MR) is 57.8 cm³/mol. The molecule has 1 unspecified atom stereocenters. The lowest BCUT2D eigenvalue weighted by Gasteiger charge is -2.43. The topological polar surface area (TPSA) is 203 Å². The van der Waals surface area contributed by atoms with Gasteiger partial charge in [0.05, 0.1) is 6.61 Å². The fourth-order valence-electron chi connectivity index (χ4n) is 1.48. The van der Waals surface area contributed by atoms with Gasteiger partial charge in [0.25, 0.3) is 0 Å². The molecule has 0 radical (unpaired) electrons. The third-order valence-electron chi connectivity index (χ3n) is 2.37. The highest BCUT2D eigenvalue weighted by Gasteiger charge is 2.55. The number of hydrogen-bond acceptors (Lipinski definition) is 9. The van der Waals surface area contributed by atoms with Crippen LogP contribution in [0.4, 0.5) is 0 Å². The highest BCUT2D eigenvalue weighted by atomic mass is 31.3. The van der Waals surface area contributed by atoms with E-state index < -0.39 is 53.0 Å². The number of phosphoric acid groups is 2. The van der Waals surface area contributed by atoms with Crippen LogP contribution in [-0.4, -0.2) is 72.4 Å². The Morgan fingerprint density at radius 2 is 1.75 bits per heavy atom. The fraction of sp³-hybridized carbons (Fsp3) is 1.00. The third-order valence-corrected chi connectivity index (χ3v) is 4.58. The van der Waals surface area contributed by atoms with Crippen LogP contribution < -0.4 is 0 Å². The van der Waals surface area contributed by atoms with Crippen molar-refractivity contribution < 1.29 is 57.8 Å². The summed E-state index contributed by atoms with van der Waals surface area (Å²) >= 11 is 0. The molecule has 0 amide bonds. The van der Waals surface area contributed by atoms with Crippen LogP contribution in [0.3, 0.4) is 0 Å². The lowest BCUT2D eigenvalue weighted by molar-refractivity contribution is -0.322. The molecule has 0 aromatic heterocycles. The summed E-state index contributed by atoms with van der Waals surface area (Å²) in [6, 6.07) is 0. The molecule has 5 atom stereocenters. The van der Waals surface area contributed by atoms with E-state index in [0.717, 1.165) is 0 Å². The van der Waals surface area contributed by atoms with Gasteiger partial charge < -0.3 is 39.8 Å². The summed E-state index contributed by atoms with van der Waals surface area (Å²) in [7, 11) is -10.9. The molecule has 1 rings (SSSR count). The SMILES string of the molecule is O=P(O)(O)OP(=O)(O)O[C@@]1(CO)OC[C@@H](O)[C@H](O)[C@@H]1O. The van der Waals surface area contributed by atoms with Gasteiger partial charge in [0.15, 0.2) is 0 Å². The van der Waals surface area contributed by atoms with Crippen LogP contribution in [0.15, 0.2) is 0 Å². The van der Waals surface area contributed by atoms with Crippen molar-refractivity contribution >= 4 is 15.6 Å². The number of phosphoric ester groups is 1. The predicted octanol–water partition coefficient (Wildman–Crippen LogP) is -2.99. The normalized spacial score (nSPS) is 38.5. The molecular weight excluding hydrogens is 326 g/mol. The van der Waals surface area contributed by atoms with Gasteiger partial charge in [-0.25, -0.2) is 13.7 Å². The van der Waals surface area contributed by atoms with Gasteiger partial charge in [-0.3, -0.25) is 0 Å². The zero-order valence-corrected chi connectivity index (χ0v) is 11.5. The highest BCUT2D eigenvalue weighted by molar-refractivity contribution is 7.60. The molecule has 20 heavy (non-hydrogen) atoms. The quantitative estimate of drug-likeness (QED) is 0.250. The fourth-order valence-corrected chi connectivity index (χ4v) is 3.29. The van der Waals surface area contributed by atoms with Gasteiger partial charge in [-0.1, -0.05) is 0 Å². The third kappa shape index (κ3) is 4.28. The van der Waals surface area contributed by atoms with Crippen molar-refractivity contribution in [1.82, 2.24) is 0 Å². The molecule has 1 fully saturated rings. The monoisotopic (exact) mass is 340 g/mol. The van der Waals surface area contributed by atoms with E-state index in [1.807, 2.05) is 0 Å². The Hall–Kier alpha value is 0.0600. The van der Waals surface area contributed by atoms with E-state index in [9.17, 15) is 24.4 Å². The van der Waals surface area contributed by atoms with E-state index in [-0.39, 0.29) is 0 Å². The van der Waals surface area contributed by atoms with Crippen molar-refractivity contribution in [3.8, 4) is 0 Å². The van der Waals surface area contributed by atoms with Crippen LogP contribution in [0.1, 0.15) is 0 Å². The molecule has 7 N–H and O–H groups in total. The van der Waals surface area contributed by atoms with Crippen molar-refractivity contribution in [2.24, 2.45) is 0 Å². The smallest absolute Gasteiger partial charge is 0.391 e. The van der Waals surface area contributed by atoms with Crippen LogP contribution in [0.2, 0.25) is 0 Å². The maximum atomic E-state index is 11.4. The summed E-state index contributed by atoms with van der Waals surface area (Å²) in [4.78, 5) is 26.0. The lowest BCUT2D eigenvalue weighted by Crippen LogP contribution is -2.63. The number of rotatable bonds is 5. The average molecular weight is 340 g/mol. The molecular formula is C6H14O12P2. The van der Waals surface area contributed by atoms with E-state index >= 15 is 0 Å². The standard InChI is InChI=1S/C6H14O12P2/c7-2-6(5(10)4(9)3(8)1-16-6)17-20(14,15)18-19(11,12)13/h3-5,7-10H,1-2H2,(H,14,15)(H2,11,12,13)/t3-,4+,5+,6-/m1/s1. The molecule has 0 spiro atoms. The van der Waals surface area contributed by atoms with Crippen LogP contribution in [0.25, 0.3) is 0 Å². The summed E-state index contributed by atoms with van der Waals surface area (Å²) < 4.78 is 34.2. The van der Waals surface area contributed by atoms with Gasteiger partial charge in [-0.15, -0.1) is 0 Å². The Labute approximate surface area is 112 Å². The van der Waals surface area contributed by atoms with Gasteiger partial charge >= 0.3 is 15.6 Å². The minimum Gasteiger partial charge on any atom is -0.391 e. The summed E-state index contributed by atoms with van der Waals surface area (Å²) in [5.74, 6) is -2.70. The molecule has 0 bridgehead atoms. The summed E-state index contributed by atoms with van der Waals surface area (Å²) in [5.41, 5.74) is 0. The molecule has 0 saturated carbocycles. The van der Waals surface area contributed by atoms with Gasteiger partial charge in [0, 0.05) is 0 Å². The van der Waals surface area contributed by atoms with Crippen molar-refractivity contribution in [2.75, 3.05) is 13.2 Å². The zero-order chi connectivity index (χ0) is 15.8. The first-order valence-electron chi connectivity index (χ1n) is 5.02. The van der Waals surface area contributed by atoms with E-state index in [1.165, 1.54) is 0 Å². The van der Waals surface area contributed by atoms with Crippen molar-refractivity contribution in [2.45, 2.75) is 24.1 Å². The summed E-state index contributed by atoms with van der Waals surface area (Å²) in [6.45, 7) is -1.96. The van der Waals surface area contributed by atoms with Crippen molar-refractivity contribution in [3.63, 3.8) is 0 Å². The zero-order valence-electron chi connectivity index (χ0n) is 9.71. The minimum atomic E-state index is -5.45. The van der Waals surface area contributed by atoms with E-state index in [1.54, 1.807) is 0 Å². The number of aliphatic hydroxyl groups is 4. The molecule has 12 nitrogen and oxygen atoms in total. The largest absolute Gasteiger partial charge is 0.483 e. The van der Waals surface area contributed by atoms with Crippen molar-refractivity contribution in [1.29, 1.82) is 0 Å². The first-order valence-corrected chi connectivity index (χ1v) is 8.04. The van der Waals surface area contributed by atoms with Gasteiger partial charge in [0.2, 0.25) is 5.79 Å². The van der Waals surface area contributed by atoms with Gasteiger partial charge in [0.1, 0.15) is 24.9 Å². The molecule has 14 heteroatoms. The molecule has 0 aromatic rings. The van der Waals surface area contributed by atoms with Crippen LogP contribution in [0.5, 0.6) is 0 Å². The highest BCUT2D eigenvalue weighted by Crippen LogP contribution is 2.60. The Balaban J connectivity index is 2.96. The first kappa shape index (κ1) is 18.1. The Bertz CT molecular complexity index is 434. The summed E-state index contributed by atoms with van der Waals surface area (Å²) in [6.07, 6.45) is -5.64. The average Bonchev–Trinajstić information content (AvgIpc) is 2.27. The van der Waals surface area contributed by atoms with Gasteiger partial charge in [-0.2, -0.15) is 4.31 Å². The van der Waals surface area contributed by atoms with Crippen LogP contribution >= 0.6 is 15.6 Å². The second-order valence-corrected chi connectivity index (χ2v) is 6.67. The molecule has 1 aliphatic rings. The maximum absolute atomic E-state index is 11.4. The van der Waals surface area contributed by atoms with Gasteiger partial charge in [-0.05, 0) is 0 Å². The molecule has 120 valence electrons.